The Balaban J connectivity index is 1.58. The van der Waals surface area contributed by atoms with Crippen molar-refractivity contribution in [3.63, 3.8) is 0 Å². The number of piperidine rings is 1. The van der Waals surface area contributed by atoms with E-state index in [0.29, 0.717) is 19.8 Å². The van der Waals surface area contributed by atoms with Crippen LogP contribution in [0.5, 0.6) is 0 Å². The van der Waals surface area contributed by atoms with E-state index in [9.17, 15) is 9.90 Å². The Morgan fingerprint density at radius 2 is 2.00 bits per heavy atom. The Hall–Kier alpha value is -1.73. The van der Waals surface area contributed by atoms with Crippen molar-refractivity contribution in [1.82, 2.24) is 4.90 Å². The number of benzene rings is 1. The number of thiophene rings is 1. The van der Waals surface area contributed by atoms with Crippen molar-refractivity contribution in [2.24, 2.45) is 0 Å². The van der Waals surface area contributed by atoms with Gasteiger partial charge >= 0.3 is 0 Å². The first-order valence-electron chi connectivity index (χ1n) is 10.1. The number of aliphatic hydroxyl groups excluding tert-OH is 1. The molecule has 5 nitrogen and oxygen atoms in total. The second kappa shape index (κ2) is 8.74. The highest BCUT2D eigenvalue weighted by Crippen LogP contribution is 2.42. The van der Waals surface area contributed by atoms with E-state index in [2.05, 4.69) is 10.2 Å². The van der Waals surface area contributed by atoms with Crippen molar-refractivity contribution < 1.29 is 14.6 Å². The van der Waals surface area contributed by atoms with Gasteiger partial charge in [0, 0.05) is 10.4 Å². The third-order valence-corrected chi connectivity index (χ3v) is 6.73. The summed E-state index contributed by atoms with van der Waals surface area (Å²) < 4.78 is 5.60. The number of anilines is 1. The molecule has 150 valence electrons. The third kappa shape index (κ3) is 4.30. The molecular formula is C22H28N2O3S. The summed E-state index contributed by atoms with van der Waals surface area (Å²) in [4.78, 5) is 16.0. The summed E-state index contributed by atoms with van der Waals surface area (Å²) in [7, 11) is 0. The molecule has 1 fully saturated rings. The third-order valence-electron chi connectivity index (χ3n) is 5.60. The molecule has 1 aromatic heterocycles. The van der Waals surface area contributed by atoms with Crippen molar-refractivity contribution in [3.8, 4) is 0 Å². The fraction of sp³-hybridized carbons (Fsp3) is 0.500. The van der Waals surface area contributed by atoms with E-state index in [-0.39, 0.29) is 5.91 Å². The highest BCUT2D eigenvalue weighted by atomic mass is 32.1. The molecule has 0 bridgehead atoms. The molecule has 1 amide bonds. The average molecular weight is 401 g/mol. The van der Waals surface area contributed by atoms with Crippen LogP contribution in [-0.4, -0.2) is 42.2 Å². The predicted molar refractivity (Wildman–Crippen MR) is 112 cm³/mol. The summed E-state index contributed by atoms with van der Waals surface area (Å²) in [5, 5.41) is 15.0. The van der Waals surface area contributed by atoms with Crippen LogP contribution in [0.25, 0.3) is 0 Å². The molecule has 2 aliphatic heterocycles. The highest BCUT2D eigenvalue weighted by molar-refractivity contribution is 7.16. The summed E-state index contributed by atoms with van der Waals surface area (Å²) in [6.07, 6.45) is 3.60. The Morgan fingerprint density at radius 1 is 1.25 bits per heavy atom. The quantitative estimate of drug-likeness (QED) is 0.805. The predicted octanol–water partition coefficient (Wildman–Crippen LogP) is 3.64. The zero-order valence-corrected chi connectivity index (χ0v) is 17.2. The number of carbonyl (C=O) groups excluding carboxylic acids is 1. The van der Waals surface area contributed by atoms with Crippen molar-refractivity contribution in [1.29, 1.82) is 0 Å². The van der Waals surface area contributed by atoms with Gasteiger partial charge in [0.15, 0.2) is 0 Å². The molecular weight excluding hydrogens is 372 g/mol. The van der Waals surface area contributed by atoms with Crippen LogP contribution in [-0.2, 0) is 22.6 Å². The number of fused-ring (bicyclic) bond motifs is 1. The minimum atomic E-state index is -0.746. The van der Waals surface area contributed by atoms with Gasteiger partial charge in [-0.1, -0.05) is 36.2 Å². The Labute approximate surface area is 170 Å². The van der Waals surface area contributed by atoms with Gasteiger partial charge < -0.3 is 15.2 Å². The number of aryl methyl sites for hydroxylation is 1. The Kier molecular flexibility index (Phi) is 6.11. The van der Waals surface area contributed by atoms with Crippen LogP contribution in [0.4, 0.5) is 5.00 Å². The van der Waals surface area contributed by atoms with E-state index in [1.54, 1.807) is 11.3 Å². The number of likely N-dealkylation sites (tertiary alicyclic amines) is 1. The number of carbonyl (C=O) groups is 1. The van der Waals surface area contributed by atoms with Gasteiger partial charge in [-0.05, 0) is 50.4 Å². The molecule has 2 aliphatic rings. The number of rotatable bonds is 5. The Morgan fingerprint density at radius 3 is 2.75 bits per heavy atom. The van der Waals surface area contributed by atoms with Crippen LogP contribution in [0.1, 0.15) is 52.5 Å². The number of aliphatic hydroxyl groups is 1. The van der Waals surface area contributed by atoms with Gasteiger partial charge in [0.05, 0.1) is 19.8 Å². The molecule has 2 N–H and O–H groups in total. The number of hydrogen-bond acceptors (Lipinski definition) is 5. The van der Waals surface area contributed by atoms with Crippen molar-refractivity contribution >= 4 is 22.2 Å². The number of amides is 1. The van der Waals surface area contributed by atoms with Crippen LogP contribution < -0.4 is 5.32 Å². The average Bonchev–Trinajstić information content (AvgIpc) is 3.06. The molecule has 0 spiro atoms. The van der Waals surface area contributed by atoms with Gasteiger partial charge in [-0.25, -0.2) is 0 Å². The number of hydrogen-bond donors (Lipinski definition) is 2. The maximum absolute atomic E-state index is 12.7. The largest absolute Gasteiger partial charge is 0.384 e. The fourth-order valence-corrected chi connectivity index (χ4v) is 5.27. The molecule has 0 saturated carbocycles. The van der Waals surface area contributed by atoms with Gasteiger partial charge in [0.1, 0.15) is 11.1 Å². The lowest BCUT2D eigenvalue weighted by Crippen LogP contribution is -2.36. The van der Waals surface area contributed by atoms with Gasteiger partial charge in [0.25, 0.3) is 0 Å². The van der Waals surface area contributed by atoms with E-state index in [1.165, 1.54) is 6.42 Å². The highest BCUT2D eigenvalue weighted by Gasteiger charge is 2.28. The summed E-state index contributed by atoms with van der Waals surface area (Å²) in [5.74, 6) is -0.00114. The van der Waals surface area contributed by atoms with E-state index in [4.69, 9.17) is 4.74 Å². The lowest BCUT2D eigenvalue weighted by atomic mass is 9.95. The monoisotopic (exact) mass is 400 g/mol. The van der Waals surface area contributed by atoms with Gasteiger partial charge in [-0.2, -0.15) is 0 Å². The van der Waals surface area contributed by atoms with Crippen molar-refractivity contribution in [3.05, 3.63) is 51.4 Å². The number of nitrogens with one attached hydrogen (secondary N) is 1. The van der Waals surface area contributed by atoms with Crippen LogP contribution in [0.3, 0.4) is 0 Å². The minimum Gasteiger partial charge on any atom is -0.384 e. The van der Waals surface area contributed by atoms with E-state index < -0.39 is 6.10 Å². The minimum absolute atomic E-state index is 0.00114. The van der Waals surface area contributed by atoms with Crippen molar-refractivity contribution in [2.45, 2.75) is 45.3 Å². The number of nitrogens with zero attached hydrogens (tertiary/aromatic N) is 1. The van der Waals surface area contributed by atoms with Crippen LogP contribution >= 0.6 is 11.3 Å². The molecule has 0 radical (unpaired) electrons. The van der Waals surface area contributed by atoms with Crippen LogP contribution in [0, 0.1) is 6.92 Å². The van der Waals surface area contributed by atoms with Gasteiger partial charge in [-0.15, -0.1) is 11.3 Å². The topological polar surface area (TPSA) is 61.8 Å². The molecule has 1 unspecified atom stereocenters. The molecule has 1 aromatic carbocycles. The maximum Gasteiger partial charge on any atom is 0.239 e. The number of ether oxygens (including phenoxy) is 1. The lowest BCUT2D eigenvalue weighted by Gasteiger charge is -2.25. The first-order valence-corrected chi connectivity index (χ1v) is 10.9. The molecule has 28 heavy (non-hydrogen) atoms. The first-order chi connectivity index (χ1) is 13.6. The lowest BCUT2D eigenvalue weighted by molar-refractivity contribution is -0.117. The summed E-state index contributed by atoms with van der Waals surface area (Å²) >= 11 is 1.54. The zero-order chi connectivity index (χ0) is 19.5. The Bertz CT molecular complexity index is 825. The van der Waals surface area contributed by atoms with E-state index >= 15 is 0 Å². The smallest absolute Gasteiger partial charge is 0.239 e. The molecule has 0 aliphatic carbocycles. The SMILES string of the molecule is Cc1ccc(C(O)c2c(NC(=O)CN3CCCCC3)sc3c2CCOC3)cc1. The van der Waals surface area contributed by atoms with Gasteiger partial charge in [0.2, 0.25) is 5.91 Å². The van der Waals surface area contributed by atoms with Gasteiger partial charge in [-0.3, -0.25) is 9.69 Å². The molecule has 3 heterocycles. The standard InChI is InChI=1S/C22H28N2O3S/c1-15-5-7-16(8-6-15)21(26)20-17-9-12-27-14-18(17)28-22(20)23-19(25)13-24-10-3-2-4-11-24/h5-8,21,26H,2-4,9-14H2,1H3,(H,23,25). The van der Waals surface area contributed by atoms with Crippen LogP contribution in [0.15, 0.2) is 24.3 Å². The molecule has 6 heteroatoms. The fourth-order valence-electron chi connectivity index (χ4n) is 4.04. The zero-order valence-electron chi connectivity index (χ0n) is 16.4. The van der Waals surface area contributed by atoms with Crippen LogP contribution in [0.2, 0.25) is 0 Å². The summed E-state index contributed by atoms with van der Waals surface area (Å²) in [6, 6.07) is 7.94. The van der Waals surface area contributed by atoms with E-state index in [1.807, 2.05) is 31.2 Å². The molecule has 1 atom stereocenters. The summed E-state index contributed by atoms with van der Waals surface area (Å²) in [5.41, 5.74) is 3.99. The van der Waals surface area contributed by atoms with E-state index in [0.717, 1.165) is 64.5 Å². The molecule has 1 saturated heterocycles. The second-order valence-corrected chi connectivity index (χ2v) is 8.85. The second-order valence-electron chi connectivity index (χ2n) is 7.75. The normalized spacial score (nSPS) is 18.5. The molecule has 2 aromatic rings. The first kappa shape index (κ1) is 19.6. The maximum atomic E-state index is 12.7. The molecule has 4 rings (SSSR count). The van der Waals surface area contributed by atoms with Crippen molar-refractivity contribution in [2.75, 3.05) is 31.6 Å². The summed E-state index contributed by atoms with van der Waals surface area (Å²) in [6.45, 7) is 5.63.